The van der Waals surface area contributed by atoms with Gasteiger partial charge < -0.3 is 9.32 Å². The fourth-order valence-electron chi connectivity index (χ4n) is 8.17. The van der Waals surface area contributed by atoms with Gasteiger partial charge in [-0.2, -0.15) is 0 Å². The van der Waals surface area contributed by atoms with Gasteiger partial charge in [0.2, 0.25) is 0 Å². The summed E-state index contributed by atoms with van der Waals surface area (Å²) in [5.41, 5.74) is 15.3. The zero-order valence-electron chi connectivity index (χ0n) is 24.4. The van der Waals surface area contributed by atoms with Crippen LogP contribution < -0.4 is 4.90 Å². The van der Waals surface area contributed by atoms with Crippen LogP contribution in [0.4, 0.5) is 17.1 Å². The molecule has 0 unspecified atom stereocenters. The second-order valence-electron chi connectivity index (χ2n) is 12.0. The molecule has 10 rings (SSSR count). The summed E-state index contributed by atoms with van der Waals surface area (Å²) in [7, 11) is 0. The van der Waals surface area contributed by atoms with Gasteiger partial charge >= 0.3 is 0 Å². The van der Waals surface area contributed by atoms with Crippen molar-refractivity contribution in [2.45, 2.75) is 5.41 Å². The maximum absolute atomic E-state index is 6.36. The number of benzene rings is 7. The van der Waals surface area contributed by atoms with E-state index in [0.29, 0.717) is 0 Å². The first-order chi connectivity index (χ1) is 22.3. The summed E-state index contributed by atoms with van der Waals surface area (Å²) >= 11 is 0. The molecule has 1 heterocycles. The quantitative estimate of drug-likeness (QED) is 0.209. The van der Waals surface area contributed by atoms with E-state index in [1.165, 1.54) is 44.5 Å². The van der Waals surface area contributed by atoms with Crippen molar-refractivity contribution in [3.8, 4) is 22.3 Å². The van der Waals surface area contributed by atoms with Crippen molar-refractivity contribution in [3.63, 3.8) is 0 Å². The van der Waals surface area contributed by atoms with Gasteiger partial charge in [0, 0.05) is 16.8 Å². The lowest BCUT2D eigenvalue weighted by Crippen LogP contribution is -2.26. The van der Waals surface area contributed by atoms with Crippen LogP contribution in [-0.2, 0) is 5.41 Å². The SMILES string of the molecule is c1ccc(N(c2ccc3c(c2)C2(c4ccccc4-c4ccccc42)c2ccccc2-3)c2cccc3oc4ccccc4c23)cc1. The summed E-state index contributed by atoms with van der Waals surface area (Å²) in [6.07, 6.45) is 0. The molecular weight excluding hydrogens is 546 g/mol. The number of rotatable bonds is 3. The molecule has 0 amide bonds. The fourth-order valence-corrected chi connectivity index (χ4v) is 8.17. The van der Waals surface area contributed by atoms with Gasteiger partial charge in [-0.3, -0.25) is 0 Å². The molecule has 0 aliphatic heterocycles. The van der Waals surface area contributed by atoms with Crippen molar-refractivity contribution in [1.82, 2.24) is 0 Å². The smallest absolute Gasteiger partial charge is 0.137 e. The number of anilines is 3. The van der Waals surface area contributed by atoms with E-state index >= 15 is 0 Å². The third-order valence-electron chi connectivity index (χ3n) is 9.87. The molecule has 2 heteroatoms. The van der Waals surface area contributed by atoms with Gasteiger partial charge in [0.25, 0.3) is 0 Å². The summed E-state index contributed by atoms with van der Waals surface area (Å²) in [5.74, 6) is 0. The van der Waals surface area contributed by atoms with Crippen LogP contribution in [0.1, 0.15) is 22.3 Å². The van der Waals surface area contributed by atoms with E-state index in [1.54, 1.807) is 0 Å². The molecule has 2 nitrogen and oxygen atoms in total. The Morgan fingerprint density at radius 2 is 0.956 bits per heavy atom. The molecule has 0 radical (unpaired) electrons. The molecule has 1 spiro atoms. The first-order valence-corrected chi connectivity index (χ1v) is 15.5. The Bertz CT molecular complexity index is 2390. The Labute approximate surface area is 261 Å². The molecule has 0 saturated heterocycles. The van der Waals surface area contributed by atoms with Crippen molar-refractivity contribution >= 4 is 39.0 Å². The van der Waals surface area contributed by atoms with E-state index in [4.69, 9.17) is 4.42 Å². The van der Waals surface area contributed by atoms with Crippen molar-refractivity contribution in [2.24, 2.45) is 0 Å². The van der Waals surface area contributed by atoms with Gasteiger partial charge in [-0.05, 0) is 87.0 Å². The Hall–Kier alpha value is -5.86. The molecule has 0 N–H and O–H groups in total. The summed E-state index contributed by atoms with van der Waals surface area (Å²) < 4.78 is 6.36. The highest BCUT2D eigenvalue weighted by molar-refractivity contribution is 6.13. The molecule has 0 saturated carbocycles. The van der Waals surface area contributed by atoms with Crippen molar-refractivity contribution < 1.29 is 4.42 Å². The van der Waals surface area contributed by atoms with Crippen LogP contribution in [0.25, 0.3) is 44.2 Å². The molecule has 0 atom stereocenters. The lowest BCUT2D eigenvalue weighted by atomic mass is 9.70. The topological polar surface area (TPSA) is 16.4 Å². The maximum Gasteiger partial charge on any atom is 0.137 e. The second-order valence-corrected chi connectivity index (χ2v) is 12.0. The number of fused-ring (bicyclic) bond motifs is 13. The summed E-state index contributed by atoms with van der Waals surface area (Å²) in [4.78, 5) is 2.40. The lowest BCUT2D eigenvalue weighted by Gasteiger charge is -2.32. The van der Waals surface area contributed by atoms with Crippen LogP contribution in [0.3, 0.4) is 0 Å². The molecule has 2 aliphatic rings. The van der Waals surface area contributed by atoms with Crippen molar-refractivity contribution in [2.75, 3.05) is 4.90 Å². The molecular formula is C43H27NO. The number of nitrogens with zero attached hydrogens (tertiary/aromatic N) is 1. The van der Waals surface area contributed by atoms with Gasteiger partial charge in [0.15, 0.2) is 0 Å². The van der Waals surface area contributed by atoms with Gasteiger partial charge in [-0.15, -0.1) is 0 Å². The summed E-state index contributed by atoms with van der Waals surface area (Å²) in [5, 5.41) is 2.24. The van der Waals surface area contributed by atoms with Crippen molar-refractivity contribution in [1.29, 1.82) is 0 Å². The lowest BCUT2D eigenvalue weighted by molar-refractivity contribution is 0.669. The Balaban J connectivity index is 1.30. The Morgan fingerprint density at radius 3 is 1.64 bits per heavy atom. The van der Waals surface area contributed by atoms with Crippen LogP contribution in [0.2, 0.25) is 0 Å². The predicted molar refractivity (Wildman–Crippen MR) is 185 cm³/mol. The van der Waals surface area contributed by atoms with E-state index in [-0.39, 0.29) is 0 Å². The minimum atomic E-state index is -0.397. The number of furan rings is 1. The van der Waals surface area contributed by atoms with Gasteiger partial charge in [-0.1, -0.05) is 121 Å². The average Bonchev–Trinajstić information content (AvgIpc) is 3.73. The van der Waals surface area contributed by atoms with Crippen LogP contribution in [0.15, 0.2) is 168 Å². The highest BCUT2D eigenvalue weighted by atomic mass is 16.3. The normalized spacial score (nSPS) is 13.5. The minimum Gasteiger partial charge on any atom is -0.456 e. The highest BCUT2D eigenvalue weighted by Crippen LogP contribution is 2.63. The van der Waals surface area contributed by atoms with Crippen LogP contribution in [0, 0.1) is 0 Å². The van der Waals surface area contributed by atoms with Gasteiger partial charge in [0.05, 0.1) is 16.5 Å². The molecule has 0 fully saturated rings. The highest BCUT2D eigenvalue weighted by Gasteiger charge is 2.51. The third kappa shape index (κ3) is 3.18. The Morgan fingerprint density at radius 1 is 0.400 bits per heavy atom. The first kappa shape index (κ1) is 24.6. The number of para-hydroxylation sites is 2. The Kier molecular flexibility index (Phi) is 4.95. The number of hydrogen-bond donors (Lipinski definition) is 0. The fraction of sp³-hybridized carbons (Fsp3) is 0.0233. The molecule has 7 aromatic carbocycles. The number of hydrogen-bond acceptors (Lipinski definition) is 2. The average molecular weight is 574 g/mol. The largest absolute Gasteiger partial charge is 0.456 e. The molecule has 210 valence electrons. The van der Waals surface area contributed by atoms with Gasteiger partial charge in [-0.25, -0.2) is 0 Å². The third-order valence-corrected chi connectivity index (χ3v) is 9.87. The van der Waals surface area contributed by atoms with E-state index in [0.717, 1.165) is 39.0 Å². The molecule has 1 aromatic heterocycles. The molecule has 2 aliphatic carbocycles. The van der Waals surface area contributed by atoms with Gasteiger partial charge in [0.1, 0.15) is 11.2 Å². The standard InChI is InChI=1S/C43H27NO/c1-2-13-28(14-3-1)44(39-22-12-24-41-42(39)34-18-7-11-23-40(34)45-41)29-25-26-33-32-17-6-10-21-37(32)43(38(33)27-29)35-19-8-4-15-30(35)31-16-5-9-20-36(31)43/h1-27H. The van der Waals surface area contributed by atoms with Crippen LogP contribution >= 0.6 is 0 Å². The van der Waals surface area contributed by atoms with E-state index in [9.17, 15) is 0 Å². The van der Waals surface area contributed by atoms with E-state index in [1.807, 2.05) is 6.07 Å². The monoisotopic (exact) mass is 573 g/mol. The zero-order chi connectivity index (χ0) is 29.5. The second kappa shape index (κ2) is 9.07. The maximum atomic E-state index is 6.36. The van der Waals surface area contributed by atoms with E-state index < -0.39 is 5.41 Å². The van der Waals surface area contributed by atoms with Crippen LogP contribution in [0.5, 0.6) is 0 Å². The summed E-state index contributed by atoms with van der Waals surface area (Å²) in [6.45, 7) is 0. The summed E-state index contributed by atoms with van der Waals surface area (Å²) in [6, 6.07) is 59.4. The first-order valence-electron chi connectivity index (χ1n) is 15.5. The van der Waals surface area contributed by atoms with Crippen molar-refractivity contribution in [3.05, 3.63) is 186 Å². The minimum absolute atomic E-state index is 0.397. The van der Waals surface area contributed by atoms with E-state index in [2.05, 4.69) is 163 Å². The molecule has 0 bridgehead atoms. The molecule has 8 aromatic rings. The molecule has 45 heavy (non-hydrogen) atoms. The van der Waals surface area contributed by atoms with Crippen LogP contribution in [-0.4, -0.2) is 0 Å². The zero-order valence-corrected chi connectivity index (χ0v) is 24.4. The predicted octanol–water partition coefficient (Wildman–Crippen LogP) is 11.4.